The van der Waals surface area contributed by atoms with Gasteiger partial charge < -0.3 is 5.32 Å². The molecule has 26 valence electrons. The van der Waals surface area contributed by atoms with Gasteiger partial charge in [0.15, 0.2) is 0 Å². The molecule has 4 radical (unpaired) electrons. The van der Waals surface area contributed by atoms with Crippen LogP contribution in [-0.2, 0) is 32.7 Å². The van der Waals surface area contributed by atoms with E-state index in [1.165, 1.54) is 0 Å². The van der Waals surface area contributed by atoms with Crippen LogP contribution in [0.25, 0.3) is 5.32 Å². The molecule has 0 fully saturated rings. The van der Waals surface area contributed by atoms with Crippen LogP contribution in [0.15, 0.2) is 0 Å². The van der Waals surface area contributed by atoms with Crippen LogP contribution in [-0.4, -0.2) is 22.5 Å². The second-order valence-corrected chi connectivity index (χ2v) is 0.447. The van der Waals surface area contributed by atoms with Gasteiger partial charge in [0.1, 0.15) is 0 Å². The summed E-state index contributed by atoms with van der Waals surface area (Å²) in [6.45, 7) is 0. The molecule has 0 bridgehead atoms. The van der Waals surface area contributed by atoms with Crippen molar-refractivity contribution < 1.29 is 32.7 Å². The Morgan fingerprint density at radius 2 is 1.20 bits per heavy atom. The van der Waals surface area contributed by atoms with Crippen molar-refractivity contribution in [3.05, 3.63) is 5.32 Å². The molecule has 0 aliphatic rings. The first-order valence-electron chi connectivity index (χ1n) is 0.894. The number of rotatable bonds is 0. The third-order valence-corrected chi connectivity index (χ3v) is 0. The number of hydrogen-bond donors (Lipinski definition) is 0. The molecule has 3 heteroatoms. The molecule has 0 aliphatic heterocycles. The van der Waals surface area contributed by atoms with Gasteiger partial charge in [0.05, 0.1) is 0 Å². The molecule has 0 aromatic rings. The molecule has 0 unspecified atom stereocenters. The Morgan fingerprint density at radius 3 is 1.20 bits per heavy atom. The minimum atomic E-state index is 0. The summed E-state index contributed by atoms with van der Waals surface area (Å²) < 4.78 is 0. The van der Waals surface area contributed by atoms with E-state index in [-0.39, 0.29) is 41.1 Å². The molecule has 0 N–H and O–H groups in total. The zero-order valence-electron chi connectivity index (χ0n) is 3.60. The van der Waals surface area contributed by atoms with Crippen LogP contribution in [0.3, 0.4) is 0 Å². The number of hydrogen-bond acceptors (Lipinski definition) is 0. The van der Waals surface area contributed by atoms with Gasteiger partial charge in [0.2, 0.25) is 0 Å². The molecular formula is C2H6BNY-. The monoisotopic (exact) mass is 144 g/mol. The summed E-state index contributed by atoms with van der Waals surface area (Å²) in [6.07, 6.45) is 0. The van der Waals surface area contributed by atoms with E-state index in [0.29, 0.717) is 0 Å². The summed E-state index contributed by atoms with van der Waals surface area (Å²) in [7, 11) is 3.50. The minimum Gasteiger partial charge on any atom is -0.668 e. The van der Waals surface area contributed by atoms with E-state index in [4.69, 9.17) is 0 Å². The predicted octanol–water partition coefficient (Wildman–Crippen LogP) is 0.236. The second kappa shape index (κ2) is 19.3. The summed E-state index contributed by atoms with van der Waals surface area (Å²) in [5.41, 5.74) is 0. The Balaban J connectivity index is -0.0000000200. The van der Waals surface area contributed by atoms with E-state index in [0.717, 1.165) is 0 Å². The van der Waals surface area contributed by atoms with Crippen molar-refractivity contribution in [2.45, 2.75) is 0 Å². The standard InChI is InChI=1S/C2H6N.B.Y/c1-3-2;;/h1-2H3;;/q-1;;. The summed E-state index contributed by atoms with van der Waals surface area (Å²) in [6, 6.07) is 0. The molecule has 0 heterocycles. The molecule has 0 aromatic carbocycles. The Labute approximate surface area is 60.4 Å². The average Bonchev–Trinajstić information content (AvgIpc) is 0.918. The third kappa shape index (κ3) is 39.4. The quantitative estimate of drug-likeness (QED) is 0.432. The van der Waals surface area contributed by atoms with Crippen molar-refractivity contribution in [3.63, 3.8) is 0 Å². The maximum Gasteiger partial charge on any atom is 0 e. The Bertz CT molecular complexity index is 9.61. The van der Waals surface area contributed by atoms with Crippen LogP contribution in [0.4, 0.5) is 0 Å². The van der Waals surface area contributed by atoms with Crippen molar-refractivity contribution in [1.29, 1.82) is 0 Å². The van der Waals surface area contributed by atoms with Crippen LogP contribution >= 0.6 is 0 Å². The zero-order valence-corrected chi connectivity index (χ0v) is 6.44. The molecule has 1 nitrogen and oxygen atoms in total. The van der Waals surface area contributed by atoms with E-state index >= 15 is 0 Å². The Kier molecular flexibility index (Phi) is 63.5. The van der Waals surface area contributed by atoms with E-state index < -0.39 is 0 Å². The average molecular weight is 144 g/mol. The Morgan fingerprint density at radius 1 is 1.20 bits per heavy atom. The van der Waals surface area contributed by atoms with Crippen molar-refractivity contribution in [3.8, 4) is 0 Å². The smallest absolute Gasteiger partial charge is 0 e. The van der Waals surface area contributed by atoms with Crippen molar-refractivity contribution in [2.75, 3.05) is 14.1 Å². The first-order chi connectivity index (χ1) is 1.41. The third-order valence-electron chi connectivity index (χ3n) is 0. The van der Waals surface area contributed by atoms with Crippen molar-refractivity contribution in [2.24, 2.45) is 0 Å². The largest absolute Gasteiger partial charge is 0.668 e. The SMILES string of the molecule is C[N-]C.[B].[Y]. The topological polar surface area (TPSA) is 14.1 Å². The van der Waals surface area contributed by atoms with Crippen LogP contribution < -0.4 is 0 Å². The van der Waals surface area contributed by atoms with Crippen LogP contribution in [0, 0.1) is 0 Å². The fraction of sp³-hybridized carbons (Fsp3) is 1.00. The van der Waals surface area contributed by atoms with Gasteiger partial charge >= 0.3 is 0 Å². The fourth-order valence-corrected chi connectivity index (χ4v) is 0. The number of nitrogens with zero attached hydrogens (tertiary/aromatic N) is 1. The van der Waals surface area contributed by atoms with Gasteiger partial charge in [0, 0.05) is 41.1 Å². The van der Waals surface area contributed by atoms with E-state index in [2.05, 4.69) is 5.32 Å². The van der Waals surface area contributed by atoms with E-state index in [1.807, 2.05) is 0 Å². The molecular weight excluding hydrogens is 138 g/mol. The molecule has 0 spiro atoms. The maximum atomic E-state index is 3.50. The second-order valence-electron chi connectivity index (χ2n) is 0.447. The summed E-state index contributed by atoms with van der Waals surface area (Å²) in [4.78, 5) is 0. The molecule has 0 saturated carbocycles. The minimum absolute atomic E-state index is 0. The van der Waals surface area contributed by atoms with Crippen LogP contribution in [0.2, 0.25) is 0 Å². The maximum absolute atomic E-state index is 3.50. The van der Waals surface area contributed by atoms with Gasteiger partial charge in [-0.1, -0.05) is 0 Å². The summed E-state index contributed by atoms with van der Waals surface area (Å²) >= 11 is 0. The molecule has 0 aromatic heterocycles. The molecule has 0 atom stereocenters. The normalized spacial score (nSPS) is 3.60. The summed E-state index contributed by atoms with van der Waals surface area (Å²) in [5.74, 6) is 0. The van der Waals surface area contributed by atoms with Crippen LogP contribution in [0.1, 0.15) is 0 Å². The molecule has 0 amide bonds. The van der Waals surface area contributed by atoms with Gasteiger partial charge in [-0.3, -0.25) is 0 Å². The molecule has 5 heavy (non-hydrogen) atoms. The van der Waals surface area contributed by atoms with E-state index in [9.17, 15) is 0 Å². The predicted molar refractivity (Wildman–Crippen MR) is 21.0 cm³/mol. The summed E-state index contributed by atoms with van der Waals surface area (Å²) in [5, 5.41) is 3.50. The van der Waals surface area contributed by atoms with Gasteiger partial charge in [-0.2, -0.15) is 14.1 Å². The first kappa shape index (κ1) is 16.5. The zero-order chi connectivity index (χ0) is 2.71. The van der Waals surface area contributed by atoms with Crippen molar-refractivity contribution in [1.82, 2.24) is 0 Å². The molecule has 0 saturated heterocycles. The molecule has 0 rings (SSSR count). The fourth-order valence-electron chi connectivity index (χ4n) is 0. The first-order valence-corrected chi connectivity index (χ1v) is 0.894. The Hall–Kier alpha value is 1.13. The van der Waals surface area contributed by atoms with Gasteiger partial charge in [-0.25, -0.2) is 0 Å². The van der Waals surface area contributed by atoms with Crippen molar-refractivity contribution >= 4 is 8.41 Å². The molecule has 0 aliphatic carbocycles. The van der Waals surface area contributed by atoms with Gasteiger partial charge in [0.25, 0.3) is 0 Å². The van der Waals surface area contributed by atoms with Gasteiger partial charge in [-0.15, -0.1) is 0 Å². The van der Waals surface area contributed by atoms with Crippen LogP contribution in [0.5, 0.6) is 0 Å². The van der Waals surface area contributed by atoms with Gasteiger partial charge in [-0.05, 0) is 0 Å². The van der Waals surface area contributed by atoms with E-state index in [1.54, 1.807) is 14.1 Å².